The number of amides is 1. The summed E-state index contributed by atoms with van der Waals surface area (Å²) in [5, 5.41) is 2.37. The van der Waals surface area contributed by atoms with Crippen molar-refractivity contribution in [3.05, 3.63) is 94.7 Å². The van der Waals surface area contributed by atoms with Crippen molar-refractivity contribution in [1.29, 1.82) is 0 Å². The van der Waals surface area contributed by atoms with E-state index >= 15 is 0 Å². The summed E-state index contributed by atoms with van der Waals surface area (Å²) in [6.45, 7) is 5.85. The number of methoxy groups -OCH3 is 1. The van der Waals surface area contributed by atoms with E-state index in [1.165, 1.54) is 25.3 Å². The van der Waals surface area contributed by atoms with Gasteiger partial charge in [0.05, 0.1) is 12.7 Å². The fourth-order valence-corrected chi connectivity index (χ4v) is 3.81. The zero-order valence-electron chi connectivity index (χ0n) is 22.3. The Morgan fingerprint density at radius 3 is 2.35 bits per heavy atom. The lowest BCUT2D eigenvalue weighted by atomic mass is 9.87. The van der Waals surface area contributed by atoms with Crippen LogP contribution in [0.5, 0.6) is 11.5 Å². The highest BCUT2D eigenvalue weighted by molar-refractivity contribution is 6.12. The van der Waals surface area contributed by atoms with E-state index < -0.39 is 30.2 Å². The summed E-state index contributed by atoms with van der Waals surface area (Å²) in [4.78, 5) is 29.0. The molecule has 0 aliphatic carbocycles. The van der Waals surface area contributed by atoms with E-state index in [0.29, 0.717) is 11.1 Å². The maximum Gasteiger partial charge on any atom is 0.416 e. The third-order valence-electron chi connectivity index (χ3n) is 5.94. The van der Waals surface area contributed by atoms with Gasteiger partial charge in [-0.3, -0.25) is 4.79 Å². The summed E-state index contributed by atoms with van der Waals surface area (Å²) in [6.07, 6.45) is -2.99. The Labute approximate surface area is 229 Å². The number of hydrogen-bond acceptors (Lipinski definition) is 6. The van der Waals surface area contributed by atoms with Crippen molar-refractivity contribution in [3.63, 3.8) is 0 Å². The van der Waals surface area contributed by atoms with Gasteiger partial charge in [0.25, 0.3) is 5.91 Å². The molecule has 1 aliphatic heterocycles. The fourth-order valence-electron chi connectivity index (χ4n) is 3.81. The lowest BCUT2D eigenvalue weighted by molar-refractivity contribution is -0.137. The van der Waals surface area contributed by atoms with Gasteiger partial charge in [-0.25, -0.2) is 9.79 Å². The van der Waals surface area contributed by atoms with Gasteiger partial charge in [-0.05, 0) is 65.1 Å². The van der Waals surface area contributed by atoms with Crippen molar-refractivity contribution in [1.82, 2.24) is 0 Å². The minimum atomic E-state index is -4.53. The molecule has 40 heavy (non-hydrogen) atoms. The molecular weight excluding hydrogens is 525 g/mol. The molecule has 0 fully saturated rings. The second-order valence-electron chi connectivity index (χ2n) is 9.99. The molecule has 3 aromatic carbocycles. The summed E-state index contributed by atoms with van der Waals surface area (Å²) < 4.78 is 54.9. The van der Waals surface area contributed by atoms with Crippen LogP contribution in [0, 0.1) is 0 Å². The number of cyclic esters (lactones) is 1. The Morgan fingerprint density at radius 2 is 1.70 bits per heavy atom. The Kier molecular flexibility index (Phi) is 7.99. The lowest BCUT2D eigenvalue weighted by Gasteiger charge is -2.18. The second kappa shape index (κ2) is 11.3. The highest BCUT2D eigenvalue weighted by atomic mass is 19.4. The number of esters is 1. The first-order chi connectivity index (χ1) is 18.8. The first-order valence-corrected chi connectivity index (χ1v) is 12.2. The number of halogens is 3. The van der Waals surface area contributed by atoms with Crippen LogP contribution in [0.25, 0.3) is 6.08 Å². The SMILES string of the molecule is COc1cc(/C=C2\N=C(c3ccc(C(C)(C)C)cc3)OC2=O)ccc1OCC(=O)Nc1cccc(C(F)(F)F)c1. The van der Waals surface area contributed by atoms with Gasteiger partial charge in [-0.15, -0.1) is 0 Å². The van der Waals surface area contributed by atoms with Crippen molar-refractivity contribution < 1.29 is 37.0 Å². The summed E-state index contributed by atoms with van der Waals surface area (Å²) in [5.41, 5.74) is 1.58. The molecular formula is C30H27F3N2O5. The number of benzene rings is 3. The number of rotatable bonds is 7. The normalized spacial score (nSPS) is 14.5. The van der Waals surface area contributed by atoms with Gasteiger partial charge >= 0.3 is 12.1 Å². The molecule has 208 valence electrons. The molecule has 1 heterocycles. The minimum absolute atomic E-state index is 0.00844. The fraction of sp³-hybridized carbons (Fsp3) is 0.233. The lowest BCUT2D eigenvalue weighted by Crippen LogP contribution is -2.20. The van der Waals surface area contributed by atoms with E-state index in [1.54, 1.807) is 18.2 Å². The average Bonchev–Trinajstić information content (AvgIpc) is 3.27. The molecule has 1 N–H and O–H groups in total. The highest BCUT2D eigenvalue weighted by Gasteiger charge is 2.30. The van der Waals surface area contributed by atoms with Crippen molar-refractivity contribution in [2.75, 3.05) is 19.0 Å². The minimum Gasteiger partial charge on any atom is -0.493 e. The first kappa shape index (κ1) is 28.4. The van der Waals surface area contributed by atoms with E-state index in [9.17, 15) is 22.8 Å². The average molecular weight is 553 g/mol. The summed E-state index contributed by atoms with van der Waals surface area (Å²) >= 11 is 0. The van der Waals surface area contributed by atoms with E-state index in [0.717, 1.165) is 17.7 Å². The van der Waals surface area contributed by atoms with Gasteiger partial charge < -0.3 is 19.5 Å². The number of carbonyl (C=O) groups excluding carboxylic acids is 2. The van der Waals surface area contributed by atoms with Crippen LogP contribution in [0.2, 0.25) is 0 Å². The molecule has 0 aromatic heterocycles. The van der Waals surface area contributed by atoms with Gasteiger partial charge in [0.1, 0.15) is 0 Å². The molecule has 3 aromatic rings. The van der Waals surface area contributed by atoms with Crippen LogP contribution in [0.15, 0.2) is 77.4 Å². The third kappa shape index (κ3) is 6.88. The molecule has 10 heteroatoms. The standard InChI is InChI=1S/C30H27F3N2O5/c1-29(2,3)20-11-9-19(10-12-20)27-35-23(28(37)40-27)14-18-8-13-24(25(15-18)38-4)39-17-26(36)34-22-7-5-6-21(16-22)30(31,32)33/h5-16H,17H2,1-4H3,(H,34,36)/b23-14-. The molecule has 0 unspecified atom stereocenters. The molecule has 0 saturated carbocycles. The molecule has 1 aliphatic rings. The Balaban J connectivity index is 1.43. The molecule has 0 saturated heterocycles. The zero-order chi connectivity index (χ0) is 29.1. The van der Waals surface area contributed by atoms with E-state index in [2.05, 4.69) is 31.1 Å². The summed E-state index contributed by atoms with van der Waals surface area (Å²) in [6, 6.07) is 16.7. The van der Waals surface area contributed by atoms with Crippen LogP contribution in [-0.2, 0) is 25.9 Å². The number of aliphatic imine (C=N–C) groups is 1. The van der Waals surface area contributed by atoms with Crippen LogP contribution < -0.4 is 14.8 Å². The Bertz CT molecular complexity index is 1490. The van der Waals surface area contributed by atoms with Crippen molar-refractivity contribution in [3.8, 4) is 11.5 Å². The Morgan fingerprint density at radius 1 is 0.975 bits per heavy atom. The highest BCUT2D eigenvalue weighted by Crippen LogP contribution is 2.32. The maximum atomic E-state index is 12.9. The van der Waals surface area contributed by atoms with Gasteiger partial charge in [-0.2, -0.15) is 13.2 Å². The van der Waals surface area contributed by atoms with Gasteiger partial charge in [0.15, 0.2) is 23.8 Å². The Hall–Kier alpha value is -4.60. The number of ether oxygens (including phenoxy) is 3. The zero-order valence-corrected chi connectivity index (χ0v) is 22.3. The topological polar surface area (TPSA) is 86.2 Å². The largest absolute Gasteiger partial charge is 0.493 e. The van der Waals surface area contributed by atoms with Crippen LogP contribution in [0.1, 0.15) is 43.0 Å². The number of nitrogens with zero attached hydrogens (tertiary/aromatic N) is 1. The van der Waals surface area contributed by atoms with Crippen LogP contribution in [0.3, 0.4) is 0 Å². The molecule has 4 rings (SSSR count). The first-order valence-electron chi connectivity index (χ1n) is 12.2. The number of hydrogen-bond donors (Lipinski definition) is 1. The smallest absolute Gasteiger partial charge is 0.416 e. The van der Waals surface area contributed by atoms with Crippen molar-refractivity contribution >= 4 is 29.5 Å². The van der Waals surface area contributed by atoms with Gasteiger partial charge in [0.2, 0.25) is 5.90 Å². The molecule has 0 atom stereocenters. The quantitative estimate of drug-likeness (QED) is 0.272. The van der Waals surface area contributed by atoms with E-state index in [1.807, 2.05) is 24.3 Å². The predicted molar refractivity (Wildman–Crippen MR) is 144 cm³/mol. The van der Waals surface area contributed by atoms with Crippen molar-refractivity contribution in [2.45, 2.75) is 32.4 Å². The molecule has 1 amide bonds. The van der Waals surface area contributed by atoms with Crippen LogP contribution in [0.4, 0.5) is 18.9 Å². The van der Waals surface area contributed by atoms with E-state index in [4.69, 9.17) is 14.2 Å². The predicted octanol–water partition coefficient (Wildman–Crippen LogP) is 6.37. The molecule has 0 bridgehead atoms. The van der Waals surface area contributed by atoms with Gasteiger partial charge in [-0.1, -0.05) is 45.0 Å². The van der Waals surface area contributed by atoms with Gasteiger partial charge in [0, 0.05) is 11.3 Å². The monoisotopic (exact) mass is 552 g/mol. The van der Waals surface area contributed by atoms with Crippen LogP contribution in [-0.4, -0.2) is 31.5 Å². The number of nitrogens with one attached hydrogen (secondary N) is 1. The number of alkyl halides is 3. The van der Waals surface area contributed by atoms with Crippen molar-refractivity contribution in [2.24, 2.45) is 4.99 Å². The van der Waals surface area contributed by atoms with E-state index in [-0.39, 0.29) is 34.2 Å². The number of anilines is 1. The molecule has 0 radical (unpaired) electrons. The maximum absolute atomic E-state index is 12.9. The summed E-state index contributed by atoms with van der Waals surface area (Å²) in [5.74, 6) is -0.551. The molecule has 0 spiro atoms. The summed E-state index contributed by atoms with van der Waals surface area (Å²) in [7, 11) is 1.41. The van der Waals surface area contributed by atoms with Crippen LogP contribution >= 0.6 is 0 Å². The third-order valence-corrected chi connectivity index (χ3v) is 5.94. The second-order valence-corrected chi connectivity index (χ2v) is 9.99. The number of carbonyl (C=O) groups is 2. The molecule has 7 nitrogen and oxygen atoms in total.